The van der Waals surface area contributed by atoms with Crippen LogP contribution in [0, 0.1) is 24.5 Å². The third-order valence-corrected chi connectivity index (χ3v) is 6.59. The minimum atomic E-state index is -3.62. The highest BCUT2D eigenvalue weighted by Crippen LogP contribution is 2.29. The number of aryl methyl sites for hydroxylation is 1. The van der Waals surface area contributed by atoms with Gasteiger partial charge in [-0.25, -0.2) is 21.9 Å². The highest BCUT2D eigenvalue weighted by molar-refractivity contribution is 7.89. The van der Waals surface area contributed by atoms with Crippen LogP contribution in [0.15, 0.2) is 41.3 Å². The standard InChI is InChI=1S/C20H23F2NO2S/c1-13-3-6-16(7-4-13)23-26(24,25)17-8-10-18(14(2)11-17)19-9-5-15(21)12-20(19)22/h5,8-13,16,23H,3-4,6-7H2,1-2H3/t13-,16+. The molecular weight excluding hydrogens is 356 g/mol. The first kappa shape index (κ1) is 19.0. The van der Waals surface area contributed by atoms with Gasteiger partial charge in [-0.2, -0.15) is 0 Å². The molecule has 1 N–H and O–H groups in total. The molecule has 0 aliphatic heterocycles. The molecule has 0 heterocycles. The van der Waals surface area contributed by atoms with Gasteiger partial charge in [-0.15, -0.1) is 0 Å². The molecular formula is C20H23F2NO2S. The summed E-state index contributed by atoms with van der Waals surface area (Å²) in [5.41, 5.74) is 1.42. The van der Waals surface area contributed by atoms with Gasteiger partial charge in [-0.3, -0.25) is 0 Å². The molecule has 1 aliphatic carbocycles. The molecule has 3 nitrogen and oxygen atoms in total. The van der Waals surface area contributed by atoms with Gasteiger partial charge >= 0.3 is 0 Å². The molecule has 2 aromatic rings. The molecule has 3 rings (SSSR count). The fourth-order valence-corrected chi connectivity index (χ4v) is 4.87. The summed E-state index contributed by atoms with van der Waals surface area (Å²) < 4.78 is 55.2. The monoisotopic (exact) mass is 379 g/mol. The maximum Gasteiger partial charge on any atom is 0.240 e. The summed E-state index contributed by atoms with van der Waals surface area (Å²) >= 11 is 0. The highest BCUT2D eigenvalue weighted by atomic mass is 32.2. The summed E-state index contributed by atoms with van der Waals surface area (Å²) in [6.07, 6.45) is 3.74. The van der Waals surface area contributed by atoms with Crippen molar-refractivity contribution in [3.63, 3.8) is 0 Å². The molecule has 26 heavy (non-hydrogen) atoms. The van der Waals surface area contributed by atoms with Crippen LogP contribution in [0.3, 0.4) is 0 Å². The lowest BCUT2D eigenvalue weighted by Crippen LogP contribution is -2.37. The first-order valence-electron chi connectivity index (χ1n) is 8.84. The molecule has 0 bridgehead atoms. The zero-order chi connectivity index (χ0) is 18.9. The molecule has 6 heteroatoms. The largest absolute Gasteiger partial charge is 0.240 e. The van der Waals surface area contributed by atoms with Crippen molar-refractivity contribution in [3.05, 3.63) is 53.6 Å². The molecule has 1 aliphatic rings. The summed E-state index contributed by atoms with van der Waals surface area (Å²) in [4.78, 5) is 0.167. The first-order chi connectivity index (χ1) is 12.3. The number of rotatable bonds is 4. The van der Waals surface area contributed by atoms with Gasteiger partial charge in [0.1, 0.15) is 11.6 Å². The molecule has 0 amide bonds. The van der Waals surface area contributed by atoms with Gasteiger partial charge in [0.05, 0.1) is 4.90 Å². The summed E-state index contributed by atoms with van der Waals surface area (Å²) in [7, 11) is -3.62. The maximum absolute atomic E-state index is 14.0. The molecule has 0 unspecified atom stereocenters. The number of sulfonamides is 1. The van der Waals surface area contributed by atoms with Crippen molar-refractivity contribution < 1.29 is 17.2 Å². The van der Waals surface area contributed by atoms with E-state index in [4.69, 9.17) is 0 Å². The van der Waals surface area contributed by atoms with E-state index >= 15 is 0 Å². The van der Waals surface area contributed by atoms with Gasteiger partial charge in [0.15, 0.2) is 0 Å². The van der Waals surface area contributed by atoms with E-state index in [-0.39, 0.29) is 16.5 Å². The molecule has 0 spiro atoms. The molecule has 2 aromatic carbocycles. The zero-order valence-electron chi connectivity index (χ0n) is 14.9. The zero-order valence-corrected chi connectivity index (χ0v) is 15.7. The lowest BCUT2D eigenvalue weighted by molar-refractivity contribution is 0.332. The Kier molecular flexibility index (Phi) is 5.44. The van der Waals surface area contributed by atoms with E-state index in [0.29, 0.717) is 17.0 Å². The SMILES string of the molecule is Cc1cc(S(=O)(=O)N[C@H]2CC[C@@H](C)CC2)ccc1-c1ccc(F)cc1F. The molecule has 0 aromatic heterocycles. The lowest BCUT2D eigenvalue weighted by Gasteiger charge is -2.26. The van der Waals surface area contributed by atoms with E-state index in [0.717, 1.165) is 31.7 Å². The summed E-state index contributed by atoms with van der Waals surface area (Å²) in [5, 5.41) is 0. The smallest absolute Gasteiger partial charge is 0.208 e. The van der Waals surface area contributed by atoms with Crippen LogP contribution in [0.5, 0.6) is 0 Å². The van der Waals surface area contributed by atoms with Crippen molar-refractivity contribution in [2.75, 3.05) is 0 Å². The van der Waals surface area contributed by atoms with E-state index in [2.05, 4.69) is 11.6 Å². The van der Waals surface area contributed by atoms with Gasteiger partial charge in [0, 0.05) is 17.7 Å². The van der Waals surface area contributed by atoms with Gasteiger partial charge in [0.2, 0.25) is 10.0 Å². The molecule has 1 fully saturated rings. The Morgan fingerprint density at radius 3 is 2.23 bits per heavy atom. The third-order valence-electron chi connectivity index (χ3n) is 5.07. The van der Waals surface area contributed by atoms with Crippen molar-refractivity contribution in [3.8, 4) is 11.1 Å². The summed E-state index contributed by atoms with van der Waals surface area (Å²) in [6, 6.07) is 7.92. The second-order valence-corrected chi connectivity index (χ2v) is 8.89. The predicted octanol–water partition coefficient (Wildman–Crippen LogP) is 4.80. The van der Waals surface area contributed by atoms with Crippen molar-refractivity contribution >= 4 is 10.0 Å². The Morgan fingerprint density at radius 1 is 0.962 bits per heavy atom. The van der Waals surface area contributed by atoms with Crippen molar-refractivity contribution in [1.82, 2.24) is 4.72 Å². The van der Waals surface area contributed by atoms with Crippen LogP contribution in [0.4, 0.5) is 8.78 Å². The van der Waals surface area contributed by atoms with Crippen LogP contribution in [-0.4, -0.2) is 14.5 Å². The fourth-order valence-electron chi connectivity index (χ4n) is 3.48. The second kappa shape index (κ2) is 7.45. The normalized spacial score (nSPS) is 20.9. The Labute approximate surface area is 153 Å². The van der Waals surface area contributed by atoms with Crippen LogP contribution < -0.4 is 4.72 Å². The minimum absolute atomic E-state index is 0.0364. The Bertz CT molecular complexity index is 904. The molecule has 0 saturated heterocycles. The van der Waals surface area contributed by atoms with E-state index in [1.54, 1.807) is 13.0 Å². The third kappa shape index (κ3) is 4.13. The number of hydrogen-bond donors (Lipinski definition) is 1. The van der Waals surface area contributed by atoms with E-state index in [1.807, 2.05) is 0 Å². The predicted molar refractivity (Wildman–Crippen MR) is 98.3 cm³/mol. The van der Waals surface area contributed by atoms with Crippen LogP contribution in [0.1, 0.15) is 38.2 Å². The summed E-state index contributed by atoms with van der Waals surface area (Å²) in [5.74, 6) is -0.671. The topological polar surface area (TPSA) is 46.2 Å². The van der Waals surface area contributed by atoms with Crippen LogP contribution >= 0.6 is 0 Å². The van der Waals surface area contributed by atoms with E-state index < -0.39 is 21.7 Å². The number of hydrogen-bond acceptors (Lipinski definition) is 2. The average molecular weight is 379 g/mol. The maximum atomic E-state index is 14.0. The van der Waals surface area contributed by atoms with Gasteiger partial charge in [0.25, 0.3) is 0 Å². The highest BCUT2D eigenvalue weighted by Gasteiger charge is 2.24. The Hall–Kier alpha value is -1.79. The van der Waals surface area contributed by atoms with Gasteiger partial charge in [-0.1, -0.05) is 13.0 Å². The van der Waals surface area contributed by atoms with Crippen LogP contribution in [0.25, 0.3) is 11.1 Å². The molecule has 0 radical (unpaired) electrons. The van der Waals surface area contributed by atoms with Gasteiger partial charge in [-0.05, 0) is 73.9 Å². The van der Waals surface area contributed by atoms with E-state index in [1.165, 1.54) is 24.3 Å². The second-order valence-electron chi connectivity index (χ2n) is 7.18. The van der Waals surface area contributed by atoms with Crippen molar-refractivity contribution in [2.45, 2.75) is 50.5 Å². The number of halogens is 2. The number of benzene rings is 2. The summed E-state index contributed by atoms with van der Waals surface area (Å²) in [6.45, 7) is 3.90. The molecule has 1 saturated carbocycles. The fraction of sp³-hybridized carbons (Fsp3) is 0.400. The quantitative estimate of drug-likeness (QED) is 0.830. The Morgan fingerprint density at radius 2 is 1.62 bits per heavy atom. The average Bonchev–Trinajstić information content (AvgIpc) is 2.57. The van der Waals surface area contributed by atoms with Crippen molar-refractivity contribution in [2.24, 2.45) is 5.92 Å². The van der Waals surface area contributed by atoms with Crippen LogP contribution in [0.2, 0.25) is 0 Å². The lowest BCUT2D eigenvalue weighted by atomic mass is 9.88. The Balaban J connectivity index is 1.84. The number of nitrogens with one attached hydrogen (secondary N) is 1. The first-order valence-corrected chi connectivity index (χ1v) is 10.3. The van der Waals surface area contributed by atoms with Crippen LogP contribution in [-0.2, 0) is 10.0 Å². The van der Waals surface area contributed by atoms with Gasteiger partial charge < -0.3 is 0 Å². The molecule has 140 valence electrons. The minimum Gasteiger partial charge on any atom is -0.208 e. The van der Waals surface area contributed by atoms with E-state index in [9.17, 15) is 17.2 Å². The molecule has 0 atom stereocenters. The van der Waals surface area contributed by atoms with Crippen molar-refractivity contribution in [1.29, 1.82) is 0 Å².